The third-order valence-corrected chi connectivity index (χ3v) is 4.48. The first-order valence-corrected chi connectivity index (χ1v) is 9.00. The number of rotatable bonds is 4. The Kier molecular flexibility index (Phi) is 7.26. The van der Waals surface area contributed by atoms with Gasteiger partial charge in [0, 0.05) is 17.2 Å². The van der Waals surface area contributed by atoms with Gasteiger partial charge >= 0.3 is 0 Å². The minimum absolute atomic E-state index is 0.0168. The largest absolute Gasteiger partial charge is 0.496 e. The van der Waals surface area contributed by atoms with Gasteiger partial charge in [0.2, 0.25) is 0 Å². The molecule has 9 nitrogen and oxygen atoms in total. The number of nitro benzene ring substituents is 1. The highest BCUT2D eigenvalue weighted by Gasteiger charge is 2.17. The number of hydrogen-bond acceptors (Lipinski definition) is 6. The molecule has 146 valence electrons. The molecule has 28 heavy (non-hydrogen) atoms. The quantitative estimate of drug-likeness (QED) is 0.344. The van der Waals surface area contributed by atoms with Crippen molar-refractivity contribution in [2.75, 3.05) is 7.11 Å². The van der Waals surface area contributed by atoms with Crippen molar-refractivity contribution in [2.24, 2.45) is 0 Å². The summed E-state index contributed by atoms with van der Waals surface area (Å²) in [5.41, 5.74) is 4.45. The molecule has 2 amide bonds. The zero-order valence-electron chi connectivity index (χ0n) is 14.1. The first-order valence-electron chi connectivity index (χ1n) is 7.42. The Labute approximate surface area is 177 Å². The second-order valence-electron chi connectivity index (χ2n) is 5.13. The van der Waals surface area contributed by atoms with E-state index in [4.69, 9.17) is 28.6 Å². The third-order valence-electron chi connectivity index (χ3n) is 3.34. The van der Waals surface area contributed by atoms with Crippen LogP contribution in [0.25, 0.3) is 0 Å². The Bertz CT molecular complexity index is 972. The van der Waals surface area contributed by atoms with Crippen LogP contribution in [0.4, 0.5) is 5.69 Å². The van der Waals surface area contributed by atoms with Gasteiger partial charge < -0.3 is 4.74 Å². The highest BCUT2D eigenvalue weighted by molar-refractivity contribution is 9.10. The summed E-state index contributed by atoms with van der Waals surface area (Å²) in [6, 6.07) is 8.24. The van der Waals surface area contributed by atoms with E-state index in [1.807, 2.05) is 0 Å². The van der Waals surface area contributed by atoms with E-state index in [0.717, 1.165) is 6.07 Å². The number of halogens is 2. The number of hydrogen-bond donors (Lipinski definition) is 3. The second-order valence-corrected chi connectivity index (χ2v) is 6.80. The summed E-state index contributed by atoms with van der Waals surface area (Å²) < 4.78 is 5.67. The number of nitro groups is 1. The minimum Gasteiger partial charge on any atom is -0.496 e. The predicted molar refractivity (Wildman–Crippen MR) is 109 cm³/mol. The van der Waals surface area contributed by atoms with Gasteiger partial charge in [0.15, 0.2) is 5.11 Å². The van der Waals surface area contributed by atoms with Crippen LogP contribution in [0, 0.1) is 10.1 Å². The first kappa shape index (κ1) is 21.5. The molecule has 0 aliphatic rings. The van der Waals surface area contributed by atoms with Crippen LogP contribution in [0.5, 0.6) is 5.75 Å². The number of hydrazine groups is 1. The van der Waals surface area contributed by atoms with Gasteiger partial charge in [-0.2, -0.15) is 0 Å². The molecule has 2 aromatic carbocycles. The van der Waals surface area contributed by atoms with Gasteiger partial charge in [-0.25, -0.2) is 0 Å². The van der Waals surface area contributed by atoms with Crippen molar-refractivity contribution in [1.82, 2.24) is 16.2 Å². The number of benzene rings is 2. The summed E-state index contributed by atoms with van der Waals surface area (Å²) in [4.78, 5) is 34.4. The molecule has 0 aromatic heterocycles. The molecule has 0 heterocycles. The van der Waals surface area contributed by atoms with Gasteiger partial charge in [-0.3, -0.25) is 35.9 Å². The number of nitrogens with zero attached hydrogens (tertiary/aromatic N) is 1. The molecule has 0 spiro atoms. The molecular formula is C16H12BrClN4O5S. The van der Waals surface area contributed by atoms with Gasteiger partial charge in [-0.1, -0.05) is 11.6 Å². The fraction of sp³-hybridized carbons (Fsp3) is 0.0625. The van der Waals surface area contributed by atoms with Crippen LogP contribution >= 0.6 is 39.7 Å². The van der Waals surface area contributed by atoms with Crippen molar-refractivity contribution in [2.45, 2.75) is 0 Å². The summed E-state index contributed by atoms with van der Waals surface area (Å²) in [6.07, 6.45) is 0. The van der Waals surface area contributed by atoms with Crippen LogP contribution in [-0.4, -0.2) is 29.0 Å². The monoisotopic (exact) mass is 486 g/mol. The molecule has 0 atom stereocenters. The molecule has 0 unspecified atom stereocenters. The van der Waals surface area contributed by atoms with Crippen molar-refractivity contribution in [3.63, 3.8) is 0 Å². The first-order chi connectivity index (χ1) is 13.2. The van der Waals surface area contributed by atoms with Crippen LogP contribution < -0.4 is 20.9 Å². The van der Waals surface area contributed by atoms with E-state index in [0.29, 0.717) is 15.8 Å². The topological polar surface area (TPSA) is 123 Å². The molecule has 3 N–H and O–H groups in total. The maximum absolute atomic E-state index is 12.2. The summed E-state index contributed by atoms with van der Waals surface area (Å²) in [5, 5.41) is 13.0. The Balaban J connectivity index is 1.96. The highest BCUT2D eigenvalue weighted by Crippen LogP contribution is 2.26. The smallest absolute Gasteiger partial charge is 0.288 e. The fourth-order valence-corrected chi connectivity index (χ4v) is 2.86. The number of thiocarbonyl (C=S) groups is 1. The van der Waals surface area contributed by atoms with Gasteiger partial charge in [0.1, 0.15) is 10.8 Å². The van der Waals surface area contributed by atoms with Gasteiger partial charge in [-0.05, 0) is 58.5 Å². The molecule has 0 radical (unpaired) electrons. The molecule has 0 saturated carbocycles. The van der Waals surface area contributed by atoms with E-state index >= 15 is 0 Å². The van der Waals surface area contributed by atoms with E-state index in [-0.39, 0.29) is 15.7 Å². The summed E-state index contributed by atoms with van der Waals surface area (Å²) in [7, 11) is 1.50. The lowest BCUT2D eigenvalue weighted by molar-refractivity contribution is -0.384. The molecule has 2 rings (SSSR count). The number of carbonyl (C=O) groups is 2. The van der Waals surface area contributed by atoms with E-state index in [9.17, 15) is 19.7 Å². The summed E-state index contributed by atoms with van der Waals surface area (Å²) >= 11 is 13.9. The van der Waals surface area contributed by atoms with E-state index in [1.54, 1.807) is 12.1 Å². The third kappa shape index (κ3) is 5.38. The van der Waals surface area contributed by atoms with Crippen LogP contribution in [0.15, 0.2) is 40.9 Å². The van der Waals surface area contributed by atoms with Crippen molar-refractivity contribution >= 4 is 62.4 Å². The van der Waals surface area contributed by atoms with Crippen LogP contribution in [-0.2, 0) is 0 Å². The highest BCUT2D eigenvalue weighted by atomic mass is 79.9. The molecule has 0 aliphatic heterocycles. The molecule has 0 aliphatic carbocycles. The standard InChI is InChI=1S/C16H12BrClN4O5S/c1-27-13-5-3-8(6-10(13)17)14(23)19-16(28)21-20-15(24)9-2-4-11(18)12(7-9)22(25)26/h2-7H,1H3,(H,20,24)(H2,19,21,23,28). The average Bonchev–Trinajstić information content (AvgIpc) is 2.66. The molecular weight excluding hydrogens is 476 g/mol. The SMILES string of the molecule is COc1ccc(C(=O)NC(=S)NNC(=O)c2ccc(Cl)c([N+](=O)[O-])c2)cc1Br. The lowest BCUT2D eigenvalue weighted by Crippen LogP contribution is -2.48. The summed E-state index contributed by atoms with van der Waals surface area (Å²) in [5.74, 6) is -0.664. The zero-order valence-corrected chi connectivity index (χ0v) is 17.3. The van der Waals surface area contributed by atoms with E-state index in [1.165, 1.54) is 25.3 Å². The maximum atomic E-state index is 12.2. The molecule has 12 heteroatoms. The minimum atomic E-state index is -0.705. The predicted octanol–water partition coefficient (Wildman–Crippen LogP) is 2.97. The van der Waals surface area contributed by atoms with Crippen molar-refractivity contribution < 1.29 is 19.2 Å². The van der Waals surface area contributed by atoms with Crippen LogP contribution in [0.3, 0.4) is 0 Å². The Morgan fingerprint density at radius 3 is 2.39 bits per heavy atom. The van der Waals surface area contributed by atoms with E-state index < -0.39 is 22.4 Å². The van der Waals surface area contributed by atoms with Crippen molar-refractivity contribution in [3.8, 4) is 5.75 Å². The lowest BCUT2D eigenvalue weighted by atomic mass is 10.2. The average molecular weight is 488 g/mol. The van der Waals surface area contributed by atoms with E-state index in [2.05, 4.69) is 32.1 Å². The number of amides is 2. The molecule has 0 bridgehead atoms. The number of methoxy groups -OCH3 is 1. The second kappa shape index (κ2) is 9.44. The normalized spacial score (nSPS) is 9.96. The number of nitrogens with one attached hydrogen (secondary N) is 3. The number of carbonyl (C=O) groups excluding carboxylic acids is 2. The molecule has 2 aromatic rings. The Hall–Kier alpha value is -2.76. The zero-order chi connectivity index (χ0) is 20.8. The Morgan fingerprint density at radius 1 is 1.14 bits per heavy atom. The maximum Gasteiger partial charge on any atom is 0.288 e. The van der Waals surface area contributed by atoms with Gasteiger partial charge in [0.05, 0.1) is 16.5 Å². The summed E-state index contributed by atoms with van der Waals surface area (Å²) in [6.45, 7) is 0. The van der Waals surface area contributed by atoms with Crippen molar-refractivity contribution in [1.29, 1.82) is 0 Å². The molecule has 0 saturated heterocycles. The van der Waals surface area contributed by atoms with Gasteiger partial charge in [-0.15, -0.1) is 0 Å². The van der Waals surface area contributed by atoms with Crippen LogP contribution in [0.1, 0.15) is 20.7 Å². The van der Waals surface area contributed by atoms with Crippen molar-refractivity contribution in [3.05, 3.63) is 67.1 Å². The lowest BCUT2D eigenvalue weighted by Gasteiger charge is -2.11. The molecule has 0 fully saturated rings. The number of ether oxygens (including phenoxy) is 1. The fourth-order valence-electron chi connectivity index (χ4n) is 1.99. The van der Waals surface area contributed by atoms with Gasteiger partial charge in [0.25, 0.3) is 17.5 Å². The van der Waals surface area contributed by atoms with Crippen LogP contribution in [0.2, 0.25) is 5.02 Å². The Morgan fingerprint density at radius 2 is 1.79 bits per heavy atom.